The summed E-state index contributed by atoms with van der Waals surface area (Å²) in [5, 5.41) is 0. The molecule has 0 saturated heterocycles. The summed E-state index contributed by atoms with van der Waals surface area (Å²) >= 11 is 0. The van der Waals surface area contributed by atoms with Gasteiger partial charge in [0.25, 0.3) is 0 Å². The molecule has 0 heterocycles. The first-order chi connectivity index (χ1) is 12.7. The summed E-state index contributed by atoms with van der Waals surface area (Å²) in [7, 11) is -1.64. The van der Waals surface area contributed by atoms with E-state index in [4.69, 9.17) is 0 Å². The average Bonchev–Trinajstić information content (AvgIpc) is 2.61. The molecule has 0 fully saturated rings. The SMILES string of the molecule is Cc1cccc(N(CCCC(=O)N(C)Cc2ccccc2)S(C)(=O)=O)c1C. The van der Waals surface area contributed by atoms with Crippen molar-refractivity contribution in [1.82, 2.24) is 4.90 Å². The van der Waals surface area contributed by atoms with Gasteiger partial charge in [0.2, 0.25) is 15.9 Å². The number of benzene rings is 2. The summed E-state index contributed by atoms with van der Waals surface area (Å²) in [5.41, 5.74) is 3.74. The molecule has 1 amide bonds. The molecule has 0 aliphatic heterocycles. The Balaban J connectivity index is 1.99. The van der Waals surface area contributed by atoms with E-state index in [1.807, 2.05) is 62.4 Å². The Labute approximate surface area is 162 Å². The molecule has 0 aliphatic carbocycles. The zero-order valence-electron chi connectivity index (χ0n) is 16.5. The molecular weight excluding hydrogens is 360 g/mol. The third-order valence-corrected chi connectivity index (χ3v) is 5.87. The van der Waals surface area contributed by atoms with E-state index in [2.05, 4.69) is 0 Å². The molecule has 0 atom stereocenters. The summed E-state index contributed by atoms with van der Waals surface area (Å²) in [5.74, 6) is 0.00766. The molecule has 0 aliphatic rings. The van der Waals surface area contributed by atoms with E-state index in [-0.39, 0.29) is 12.5 Å². The van der Waals surface area contributed by atoms with Gasteiger partial charge in [-0.15, -0.1) is 0 Å². The first-order valence-corrected chi connectivity index (χ1v) is 10.9. The molecule has 146 valence electrons. The highest BCUT2D eigenvalue weighted by Gasteiger charge is 2.20. The predicted molar refractivity (Wildman–Crippen MR) is 110 cm³/mol. The molecule has 0 N–H and O–H groups in total. The zero-order chi connectivity index (χ0) is 20.0. The first-order valence-electron chi connectivity index (χ1n) is 9.02. The summed E-state index contributed by atoms with van der Waals surface area (Å²) in [6, 6.07) is 15.4. The fourth-order valence-corrected chi connectivity index (χ4v) is 4.00. The lowest BCUT2D eigenvalue weighted by atomic mass is 10.1. The van der Waals surface area contributed by atoms with Crippen molar-refractivity contribution in [3.63, 3.8) is 0 Å². The molecule has 2 rings (SSSR count). The van der Waals surface area contributed by atoms with E-state index in [0.29, 0.717) is 25.1 Å². The first kappa shape index (κ1) is 21.0. The van der Waals surface area contributed by atoms with Gasteiger partial charge in [-0.3, -0.25) is 9.10 Å². The van der Waals surface area contributed by atoms with E-state index >= 15 is 0 Å². The van der Waals surface area contributed by atoms with Crippen LogP contribution in [0.3, 0.4) is 0 Å². The van der Waals surface area contributed by atoms with Gasteiger partial charge in [-0.25, -0.2) is 8.42 Å². The van der Waals surface area contributed by atoms with Crippen LogP contribution < -0.4 is 4.31 Å². The maximum absolute atomic E-state index is 12.4. The number of carbonyl (C=O) groups is 1. The van der Waals surface area contributed by atoms with Gasteiger partial charge < -0.3 is 4.90 Å². The molecule has 0 spiro atoms. The van der Waals surface area contributed by atoms with Gasteiger partial charge >= 0.3 is 0 Å². The lowest BCUT2D eigenvalue weighted by Crippen LogP contribution is -2.33. The number of hydrogen-bond donors (Lipinski definition) is 0. The van der Waals surface area contributed by atoms with Crippen molar-refractivity contribution in [3.05, 3.63) is 65.2 Å². The average molecular weight is 389 g/mol. The Kier molecular flexibility index (Phi) is 7.02. The summed E-state index contributed by atoms with van der Waals surface area (Å²) in [6.45, 7) is 4.71. The highest BCUT2D eigenvalue weighted by molar-refractivity contribution is 7.92. The molecule has 5 nitrogen and oxygen atoms in total. The zero-order valence-corrected chi connectivity index (χ0v) is 17.3. The van der Waals surface area contributed by atoms with E-state index < -0.39 is 10.0 Å². The third-order valence-electron chi connectivity index (χ3n) is 4.69. The quantitative estimate of drug-likeness (QED) is 0.695. The Morgan fingerprint density at radius 1 is 1.00 bits per heavy atom. The largest absolute Gasteiger partial charge is 0.341 e. The molecule has 0 unspecified atom stereocenters. The number of hydrogen-bond acceptors (Lipinski definition) is 3. The van der Waals surface area contributed by atoms with Crippen LogP contribution in [0, 0.1) is 13.8 Å². The Hall–Kier alpha value is -2.34. The molecule has 27 heavy (non-hydrogen) atoms. The number of sulfonamides is 1. The van der Waals surface area contributed by atoms with Crippen LogP contribution in [0.25, 0.3) is 0 Å². The molecule has 2 aromatic carbocycles. The minimum absolute atomic E-state index is 0.00766. The number of carbonyl (C=O) groups excluding carboxylic acids is 1. The van der Waals surface area contributed by atoms with Gasteiger partial charge in [-0.1, -0.05) is 42.5 Å². The summed E-state index contributed by atoms with van der Waals surface area (Å²) in [6.07, 6.45) is 1.98. The van der Waals surface area contributed by atoms with Crippen molar-refractivity contribution in [2.75, 3.05) is 24.2 Å². The Morgan fingerprint density at radius 3 is 2.30 bits per heavy atom. The van der Waals surface area contributed by atoms with Crippen LogP contribution in [-0.2, 0) is 21.4 Å². The second kappa shape index (κ2) is 9.04. The predicted octanol–water partition coefficient (Wildman–Crippen LogP) is 3.51. The Bertz CT molecular complexity index is 880. The van der Waals surface area contributed by atoms with Gasteiger partial charge in [0.15, 0.2) is 0 Å². The van der Waals surface area contributed by atoms with Gasteiger partial charge in [0.05, 0.1) is 11.9 Å². The van der Waals surface area contributed by atoms with E-state index in [1.54, 1.807) is 11.9 Å². The fraction of sp³-hybridized carbons (Fsp3) is 0.381. The smallest absolute Gasteiger partial charge is 0.232 e. The lowest BCUT2D eigenvalue weighted by Gasteiger charge is -2.25. The van der Waals surface area contributed by atoms with Crippen LogP contribution in [0.2, 0.25) is 0 Å². The fourth-order valence-electron chi connectivity index (χ4n) is 2.98. The summed E-state index contributed by atoms with van der Waals surface area (Å²) < 4.78 is 26.0. The number of aryl methyl sites for hydroxylation is 1. The van der Waals surface area contributed by atoms with Crippen molar-refractivity contribution in [3.8, 4) is 0 Å². The van der Waals surface area contributed by atoms with Crippen molar-refractivity contribution in [1.29, 1.82) is 0 Å². The standard InChI is InChI=1S/C21H28N2O3S/c1-17-10-8-13-20(18(17)2)23(27(4,25)26)15-9-14-21(24)22(3)16-19-11-6-5-7-12-19/h5-8,10-13H,9,14-16H2,1-4H3. The second-order valence-corrected chi connectivity index (χ2v) is 8.80. The number of rotatable bonds is 8. The lowest BCUT2D eigenvalue weighted by molar-refractivity contribution is -0.130. The Morgan fingerprint density at radius 2 is 1.67 bits per heavy atom. The van der Waals surface area contributed by atoms with Crippen LogP contribution in [-0.4, -0.2) is 39.1 Å². The van der Waals surface area contributed by atoms with Gasteiger partial charge in [0, 0.05) is 26.6 Å². The van der Waals surface area contributed by atoms with Gasteiger partial charge in [-0.2, -0.15) is 0 Å². The monoisotopic (exact) mass is 388 g/mol. The molecule has 2 aromatic rings. The molecule has 0 bridgehead atoms. The third kappa shape index (κ3) is 5.82. The minimum atomic E-state index is -3.42. The van der Waals surface area contributed by atoms with Crippen LogP contribution in [0.15, 0.2) is 48.5 Å². The molecule has 0 radical (unpaired) electrons. The van der Waals surface area contributed by atoms with E-state index in [0.717, 1.165) is 16.7 Å². The van der Waals surface area contributed by atoms with E-state index in [1.165, 1.54) is 10.6 Å². The van der Waals surface area contributed by atoms with Crippen molar-refractivity contribution >= 4 is 21.6 Å². The van der Waals surface area contributed by atoms with Gasteiger partial charge in [0.1, 0.15) is 0 Å². The number of anilines is 1. The van der Waals surface area contributed by atoms with Crippen molar-refractivity contribution < 1.29 is 13.2 Å². The van der Waals surface area contributed by atoms with Gasteiger partial charge in [-0.05, 0) is 43.0 Å². The van der Waals surface area contributed by atoms with Crippen LogP contribution >= 0.6 is 0 Å². The normalized spacial score (nSPS) is 11.3. The molecule has 0 aromatic heterocycles. The number of nitrogens with zero attached hydrogens (tertiary/aromatic N) is 2. The minimum Gasteiger partial charge on any atom is -0.341 e. The maximum Gasteiger partial charge on any atom is 0.232 e. The van der Waals surface area contributed by atoms with E-state index in [9.17, 15) is 13.2 Å². The highest BCUT2D eigenvalue weighted by Crippen LogP contribution is 2.25. The second-order valence-electron chi connectivity index (χ2n) is 6.89. The van der Waals surface area contributed by atoms with Crippen LogP contribution in [0.4, 0.5) is 5.69 Å². The summed E-state index contributed by atoms with van der Waals surface area (Å²) in [4.78, 5) is 14.1. The molecule has 6 heteroatoms. The molecule has 0 saturated carbocycles. The topological polar surface area (TPSA) is 57.7 Å². The van der Waals surface area contributed by atoms with Crippen LogP contribution in [0.1, 0.15) is 29.5 Å². The molecular formula is C21H28N2O3S. The van der Waals surface area contributed by atoms with Crippen molar-refractivity contribution in [2.24, 2.45) is 0 Å². The maximum atomic E-state index is 12.4. The number of amides is 1. The highest BCUT2D eigenvalue weighted by atomic mass is 32.2. The van der Waals surface area contributed by atoms with Crippen LogP contribution in [0.5, 0.6) is 0 Å². The van der Waals surface area contributed by atoms with Crippen molar-refractivity contribution in [2.45, 2.75) is 33.2 Å².